The number of carbonyl (C=O) groups excluding carboxylic acids is 1. The number of benzene rings is 1. The molecule has 0 bridgehead atoms. The number of aromatic nitrogens is 2. The molecule has 3 rings (SSSR count). The van der Waals surface area contributed by atoms with Crippen LogP contribution in [0, 0.1) is 18.2 Å². The maximum atomic E-state index is 15.0. The van der Waals surface area contributed by atoms with Crippen LogP contribution in [0.4, 0.5) is 10.1 Å². The number of carbonyl (C=O) groups is 1. The monoisotopic (exact) mass is 486 g/mol. The second-order valence-electron chi connectivity index (χ2n) is 8.59. The van der Waals surface area contributed by atoms with E-state index < -0.39 is 31.7 Å². The van der Waals surface area contributed by atoms with E-state index in [4.69, 9.17) is 16.9 Å². The smallest absolute Gasteiger partial charge is 0.275 e. The van der Waals surface area contributed by atoms with Gasteiger partial charge in [-0.3, -0.25) is 14.0 Å². The molecule has 0 saturated carbocycles. The van der Waals surface area contributed by atoms with E-state index in [9.17, 15) is 13.4 Å². The maximum absolute atomic E-state index is 15.0. The maximum Gasteiger partial charge on any atom is 0.275 e. The van der Waals surface area contributed by atoms with Crippen molar-refractivity contribution in [2.45, 2.75) is 31.1 Å². The van der Waals surface area contributed by atoms with Gasteiger partial charge in [0, 0.05) is 27.5 Å². The molecule has 3 N–H and O–H groups in total. The molecule has 2 atom stereocenters. The molecule has 0 spiro atoms. The molecule has 0 saturated heterocycles. The van der Waals surface area contributed by atoms with Crippen molar-refractivity contribution in [3.8, 4) is 18.2 Å². The van der Waals surface area contributed by atoms with Crippen molar-refractivity contribution in [3.63, 3.8) is 0 Å². The average molecular weight is 487 g/mol. The number of likely N-dealkylation sites (N-methyl/N-ethyl adjacent to an activating group) is 1. The molecule has 1 unspecified atom stereocenters. The van der Waals surface area contributed by atoms with Gasteiger partial charge < -0.3 is 15.8 Å². The summed E-state index contributed by atoms with van der Waals surface area (Å²) >= 11 is 0. The van der Waals surface area contributed by atoms with E-state index in [1.165, 1.54) is 30.6 Å². The molecule has 1 aromatic carbocycles. The number of rotatable bonds is 5. The summed E-state index contributed by atoms with van der Waals surface area (Å²) < 4.78 is 34.0. The first-order chi connectivity index (χ1) is 15.8. The van der Waals surface area contributed by atoms with E-state index in [1.807, 2.05) is 0 Å². The molecule has 1 aliphatic heterocycles. The molecule has 2 aromatic rings. The molecule has 0 radical (unpaired) electrons. The minimum Gasteiger partial charge on any atom is -0.463 e. The van der Waals surface area contributed by atoms with Gasteiger partial charge in [0.1, 0.15) is 27.6 Å². The zero-order valence-corrected chi connectivity index (χ0v) is 20.3. The Morgan fingerprint density at radius 1 is 1.38 bits per heavy atom. The van der Waals surface area contributed by atoms with Gasteiger partial charge in [0.2, 0.25) is 5.88 Å². The summed E-state index contributed by atoms with van der Waals surface area (Å²) in [4.78, 5) is 25.2. The third-order valence-electron chi connectivity index (χ3n) is 5.78. The van der Waals surface area contributed by atoms with Crippen molar-refractivity contribution in [1.29, 1.82) is 0 Å². The van der Waals surface area contributed by atoms with Gasteiger partial charge in [0.05, 0.1) is 12.4 Å². The molecule has 0 aliphatic carbocycles. The third-order valence-corrected chi connectivity index (χ3v) is 8.72. The van der Waals surface area contributed by atoms with Gasteiger partial charge >= 0.3 is 0 Å². The van der Waals surface area contributed by atoms with Crippen molar-refractivity contribution in [1.82, 2.24) is 14.3 Å². The number of halogens is 1. The Morgan fingerprint density at radius 3 is 2.71 bits per heavy atom. The minimum atomic E-state index is -2.84. The molecule has 9 nitrogen and oxygen atoms in total. The summed E-state index contributed by atoms with van der Waals surface area (Å²) in [6, 6.07) is 4.11. The van der Waals surface area contributed by atoms with Crippen LogP contribution in [0.3, 0.4) is 0 Å². The predicted octanol–water partition coefficient (Wildman–Crippen LogP) is 1.81. The van der Waals surface area contributed by atoms with Gasteiger partial charge in [-0.15, -0.1) is 6.42 Å². The van der Waals surface area contributed by atoms with E-state index in [0.717, 1.165) is 0 Å². The fraction of sp³-hybridized carbons (Fsp3) is 0.348. The Labute approximate surface area is 198 Å². The number of hydrogen-bond acceptors (Lipinski definition) is 7. The number of amidine groups is 1. The summed E-state index contributed by atoms with van der Waals surface area (Å²) in [5, 5.41) is 2.67. The van der Waals surface area contributed by atoms with E-state index in [2.05, 4.69) is 32.1 Å². The van der Waals surface area contributed by atoms with Gasteiger partial charge in [-0.05, 0) is 51.9 Å². The average Bonchev–Trinajstić information content (AvgIpc) is 2.82. The van der Waals surface area contributed by atoms with Gasteiger partial charge in [-0.2, -0.15) is 0 Å². The van der Waals surface area contributed by atoms with E-state index in [0.29, 0.717) is 5.69 Å². The zero-order valence-electron chi connectivity index (χ0n) is 19.5. The minimum absolute atomic E-state index is 0.0275. The Kier molecular flexibility index (Phi) is 6.68. The Bertz CT molecular complexity index is 1280. The SMILES string of the molecule is C#CCOc1cnc(C(=O)Nc2ccc(F)c([C@]3(C)CN(C)S(=C)(=O)C(C)(C)C(N)=N3)c2)cn1. The quantitative estimate of drug-likeness (QED) is 0.491. The van der Waals surface area contributed by atoms with Crippen LogP contribution in [0.1, 0.15) is 36.8 Å². The first-order valence-corrected chi connectivity index (χ1v) is 11.9. The summed E-state index contributed by atoms with van der Waals surface area (Å²) in [6.45, 7) is 5.20. The van der Waals surface area contributed by atoms with Crippen LogP contribution in [0.5, 0.6) is 5.88 Å². The molecule has 0 fully saturated rings. The van der Waals surface area contributed by atoms with Gasteiger partial charge in [-0.25, -0.2) is 18.7 Å². The molecule has 180 valence electrons. The van der Waals surface area contributed by atoms with Crippen LogP contribution in [-0.4, -0.2) is 61.0 Å². The van der Waals surface area contributed by atoms with Gasteiger partial charge in [0.25, 0.3) is 5.91 Å². The Hall–Kier alpha value is -3.49. The molecule has 1 aliphatic rings. The molecule has 11 heteroatoms. The summed E-state index contributed by atoms with van der Waals surface area (Å²) in [7, 11) is -1.20. The Balaban J connectivity index is 1.92. The van der Waals surface area contributed by atoms with Crippen molar-refractivity contribution in [3.05, 3.63) is 47.7 Å². The molecule has 1 amide bonds. The fourth-order valence-electron chi connectivity index (χ4n) is 3.51. The fourth-order valence-corrected chi connectivity index (χ4v) is 5.12. The molecular weight excluding hydrogens is 459 g/mol. The van der Waals surface area contributed by atoms with Crippen LogP contribution in [0.15, 0.2) is 35.6 Å². The number of nitrogens with two attached hydrogens (primary N) is 1. The van der Waals surface area contributed by atoms with Crippen molar-refractivity contribution in [2.24, 2.45) is 10.7 Å². The summed E-state index contributed by atoms with van der Waals surface area (Å²) in [6.07, 6.45) is 7.65. The highest BCUT2D eigenvalue weighted by atomic mass is 32.2. The molecule has 2 heterocycles. The van der Waals surface area contributed by atoms with Crippen molar-refractivity contribution < 1.29 is 18.1 Å². The van der Waals surface area contributed by atoms with Gasteiger partial charge in [-0.1, -0.05) is 5.92 Å². The van der Waals surface area contributed by atoms with Crippen LogP contribution in [0.2, 0.25) is 0 Å². The second kappa shape index (κ2) is 9.04. The Morgan fingerprint density at radius 2 is 2.09 bits per heavy atom. The number of aliphatic imine (C=N–C) groups is 1. The number of anilines is 1. The number of hydrogen-bond donors (Lipinski definition) is 2. The summed E-state index contributed by atoms with van der Waals surface area (Å²) in [5.74, 6) is 5.38. The number of amides is 1. The van der Waals surface area contributed by atoms with Crippen LogP contribution in [-0.2, 0) is 15.2 Å². The highest BCUT2D eigenvalue weighted by Gasteiger charge is 2.44. The van der Waals surface area contributed by atoms with E-state index in [-0.39, 0.29) is 36.1 Å². The summed E-state index contributed by atoms with van der Waals surface area (Å²) in [5.41, 5.74) is 5.56. The molecule has 34 heavy (non-hydrogen) atoms. The first kappa shape index (κ1) is 25.1. The third kappa shape index (κ3) is 4.60. The van der Waals surface area contributed by atoms with Crippen molar-refractivity contribution in [2.75, 3.05) is 25.5 Å². The largest absolute Gasteiger partial charge is 0.463 e. The number of nitrogens with one attached hydrogen (secondary N) is 1. The lowest BCUT2D eigenvalue weighted by Crippen LogP contribution is -2.50. The van der Waals surface area contributed by atoms with Crippen LogP contribution >= 0.6 is 0 Å². The highest BCUT2D eigenvalue weighted by molar-refractivity contribution is 8.00. The van der Waals surface area contributed by atoms with Crippen molar-refractivity contribution >= 4 is 33.0 Å². The predicted molar refractivity (Wildman–Crippen MR) is 132 cm³/mol. The van der Waals surface area contributed by atoms with Crippen LogP contribution < -0.4 is 15.8 Å². The lowest BCUT2D eigenvalue weighted by atomic mass is 9.91. The molecular formula is C23H27FN6O3S. The number of ether oxygens (including phenoxy) is 1. The lowest BCUT2D eigenvalue weighted by Gasteiger charge is -2.33. The highest BCUT2D eigenvalue weighted by Crippen LogP contribution is 2.36. The normalized spacial score (nSPS) is 24.4. The number of nitrogens with zero attached hydrogens (tertiary/aromatic N) is 4. The first-order valence-electron chi connectivity index (χ1n) is 10.3. The number of terminal acetylenes is 1. The van der Waals surface area contributed by atoms with Crippen LogP contribution in [0.25, 0.3) is 0 Å². The zero-order chi connectivity index (χ0) is 25.3. The topological polar surface area (TPSA) is 123 Å². The van der Waals surface area contributed by atoms with E-state index in [1.54, 1.807) is 32.1 Å². The lowest BCUT2D eigenvalue weighted by molar-refractivity contribution is 0.102. The van der Waals surface area contributed by atoms with Gasteiger partial charge in [0.15, 0.2) is 6.61 Å². The molecule has 1 aromatic heterocycles. The second-order valence-corrected chi connectivity index (χ2v) is 11.5. The van der Waals surface area contributed by atoms with E-state index >= 15 is 0 Å². The standard InChI is InChI=1S/C23H27FN6O3S/c1-7-10-33-19-13-26-18(12-27-19)20(31)28-15-8-9-17(24)16(11-15)23(4)14-30(5)34(6,32)22(2,3)21(25)29-23/h1,8-9,11-13H,6,10,14H2,2-5H3,(H2,25,29)(H,28,31)/t23-,34?/m0/s1.